The van der Waals surface area contributed by atoms with Crippen molar-refractivity contribution in [2.45, 2.75) is 39.7 Å². The van der Waals surface area contributed by atoms with E-state index in [1.807, 2.05) is 20.8 Å². The van der Waals surface area contributed by atoms with Gasteiger partial charge in [-0.1, -0.05) is 33.8 Å². The van der Waals surface area contributed by atoms with E-state index < -0.39 is 0 Å². The van der Waals surface area contributed by atoms with Crippen LogP contribution in [0.5, 0.6) is 0 Å². The van der Waals surface area contributed by atoms with E-state index in [0.717, 1.165) is 0 Å². The molecule has 0 amide bonds. The summed E-state index contributed by atoms with van der Waals surface area (Å²) in [5.74, 6) is 0. The van der Waals surface area contributed by atoms with Crippen molar-refractivity contribution >= 4 is 39.8 Å². The van der Waals surface area contributed by atoms with Gasteiger partial charge in [0.2, 0.25) is 0 Å². The fourth-order valence-corrected chi connectivity index (χ4v) is 1.31. The van der Waals surface area contributed by atoms with Crippen molar-refractivity contribution in [1.82, 2.24) is 0 Å². The third-order valence-electron chi connectivity index (χ3n) is 1.92. The Labute approximate surface area is 176 Å². The first-order valence-corrected chi connectivity index (χ1v) is 8.64. The number of aliphatic hydroxyl groups is 1. The van der Waals surface area contributed by atoms with Crippen LogP contribution in [-0.2, 0) is 24.2 Å². The average Bonchev–Trinajstić information content (AvgIpc) is 2.79. The molecule has 0 radical (unpaired) electrons. The number of benzene rings is 1. The van der Waals surface area contributed by atoms with Crippen molar-refractivity contribution in [1.29, 1.82) is 0 Å². The Kier molecular flexibility index (Phi) is 31.0. The van der Waals surface area contributed by atoms with Gasteiger partial charge in [0.15, 0.2) is 0 Å². The van der Waals surface area contributed by atoms with E-state index in [4.69, 9.17) is 10.8 Å². The molecule has 5 heteroatoms. The van der Waals surface area contributed by atoms with E-state index in [1.54, 1.807) is 0 Å². The molecule has 0 fully saturated rings. The zero-order chi connectivity index (χ0) is 16.9. The van der Waals surface area contributed by atoms with E-state index in [2.05, 4.69) is 54.5 Å². The Balaban J connectivity index is -0.0000000755. The molecule has 2 aromatic rings. The largest absolute Gasteiger partial charge is 0.358 e. The molecular weight excluding hydrogens is 420 g/mol. The van der Waals surface area contributed by atoms with Crippen molar-refractivity contribution in [3.8, 4) is 0 Å². The van der Waals surface area contributed by atoms with Crippen LogP contribution in [0, 0.1) is 21.3 Å². The summed E-state index contributed by atoms with van der Waals surface area (Å²) in [5, 5.41) is 10.5. The SMILES string of the molecule is CC(C)(C)[NH-].Cc1cc2ccccc2[cH-]1.Cl.Cl.[CH2-]CCO.[CH2]=[Zr].[CH3-]. The molecule has 2 nitrogen and oxygen atoms in total. The van der Waals surface area contributed by atoms with Crippen LogP contribution in [0.4, 0.5) is 0 Å². The van der Waals surface area contributed by atoms with Gasteiger partial charge in [0.05, 0.1) is 0 Å². The smallest absolute Gasteiger partial charge is 0.358 e. The quantitative estimate of drug-likeness (QED) is 0.516. The first-order valence-electron chi connectivity index (χ1n) is 6.90. The molecule has 0 saturated carbocycles. The van der Waals surface area contributed by atoms with Crippen LogP contribution in [0.2, 0.25) is 0 Å². The molecule has 0 aliphatic rings. The number of aryl methyl sites for hydroxylation is 1. The Morgan fingerprint density at radius 2 is 1.58 bits per heavy atom. The van der Waals surface area contributed by atoms with Crippen LogP contribution in [0.3, 0.4) is 0 Å². The summed E-state index contributed by atoms with van der Waals surface area (Å²) in [7, 11) is 0. The van der Waals surface area contributed by atoms with Crippen molar-refractivity contribution in [2.24, 2.45) is 0 Å². The molecule has 142 valence electrons. The first kappa shape index (κ1) is 35.2. The minimum atomic E-state index is -0.250. The molecule has 0 aromatic heterocycles. The zero-order valence-corrected chi connectivity index (χ0v) is 19.6. The van der Waals surface area contributed by atoms with E-state index >= 15 is 0 Å². The van der Waals surface area contributed by atoms with Crippen LogP contribution < -0.4 is 0 Å². The maximum absolute atomic E-state index is 7.81. The minimum absolute atomic E-state index is 0. The summed E-state index contributed by atoms with van der Waals surface area (Å²) in [6.45, 7) is 11.2. The molecule has 0 bridgehead atoms. The van der Waals surface area contributed by atoms with Crippen molar-refractivity contribution in [3.05, 3.63) is 62.0 Å². The zero-order valence-electron chi connectivity index (χ0n) is 15.6. The van der Waals surface area contributed by atoms with Crippen LogP contribution >= 0.6 is 24.8 Å². The molecule has 0 spiro atoms. The Morgan fingerprint density at radius 3 is 1.92 bits per heavy atom. The fraction of sp³-hybridized carbons (Fsp3) is 0.368. The number of hydrogen-bond donors (Lipinski definition) is 1. The predicted molar refractivity (Wildman–Crippen MR) is 113 cm³/mol. The average molecular weight is 454 g/mol. The van der Waals surface area contributed by atoms with Gasteiger partial charge in [0.25, 0.3) is 0 Å². The van der Waals surface area contributed by atoms with Crippen LogP contribution in [0.15, 0.2) is 36.4 Å². The minimum Gasteiger partial charge on any atom is -0.358 e. The Hall–Kier alpha value is 0.0831. The van der Waals surface area contributed by atoms with Crippen LogP contribution in [-0.4, -0.2) is 21.5 Å². The van der Waals surface area contributed by atoms with Gasteiger partial charge in [0.1, 0.15) is 0 Å². The van der Waals surface area contributed by atoms with Crippen molar-refractivity contribution < 1.29 is 29.3 Å². The molecule has 0 saturated heterocycles. The number of aliphatic hydroxyl groups excluding tert-OH is 1. The topological polar surface area (TPSA) is 44.0 Å². The second-order valence-corrected chi connectivity index (χ2v) is 5.49. The molecule has 2 N–H and O–H groups in total. The summed E-state index contributed by atoms with van der Waals surface area (Å²) in [6, 6.07) is 12.8. The van der Waals surface area contributed by atoms with Gasteiger partial charge in [-0.2, -0.15) is 12.5 Å². The van der Waals surface area contributed by atoms with Gasteiger partial charge in [-0.15, -0.1) is 71.0 Å². The number of halogens is 2. The third-order valence-corrected chi connectivity index (χ3v) is 1.92. The number of rotatable bonds is 1. The molecule has 0 aliphatic heterocycles. The van der Waals surface area contributed by atoms with Gasteiger partial charge in [-0.3, -0.25) is 0 Å². The Bertz CT molecular complexity index is 440. The van der Waals surface area contributed by atoms with Crippen LogP contribution in [0.1, 0.15) is 32.8 Å². The van der Waals surface area contributed by atoms with Gasteiger partial charge in [-0.05, 0) is 0 Å². The predicted octanol–water partition coefficient (Wildman–Crippen LogP) is 6.17. The Morgan fingerprint density at radius 1 is 1.21 bits per heavy atom. The van der Waals surface area contributed by atoms with E-state index in [0.29, 0.717) is 6.42 Å². The van der Waals surface area contributed by atoms with E-state index in [-0.39, 0.29) is 44.4 Å². The summed E-state index contributed by atoms with van der Waals surface area (Å²) in [4.78, 5) is 0. The molecule has 24 heavy (non-hydrogen) atoms. The maximum Gasteiger partial charge on any atom is -0.358 e. The summed E-state index contributed by atoms with van der Waals surface area (Å²) >= 11 is 1.30. The first-order chi connectivity index (χ1) is 9.77. The second-order valence-electron chi connectivity index (χ2n) is 5.49. The van der Waals surface area contributed by atoms with Gasteiger partial charge < -0.3 is 25.2 Å². The van der Waals surface area contributed by atoms with E-state index in [1.165, 1.54) is 40.6 Å². The molecule has 0 aliphatic carbocycles. The summed E-state index contributed by atoms with van der Waals surface area (Å²) in [6.07, 6.45) is 0.625. The third kappa shape index (κ3) is 24.3. The standard InChI is InChI=1S/C10H9.C4H10N.C3H7O.CH3.CH2.2ClH.Zr/c1-8-6-9-4-2-3-5-10(9)7-8;1-4(2,3)5;1-2-3-4;;;;;/h2-7H,1H3;5H,1-3H3;4H,1-3H2;1H3;1H2;2*1H;/q4*-1;;;;. The number of hydrogen-bond acceptors (Lipinski definition) is 1. The van der Waals surface area contributed by atoms with Gasteiger partial charge in [0, 0.05) is 6.61 Å². The maximum atomic E-state index is 7.81. The van der Waals surface area contributed by atoms with Gasteiger partial charge >= 0.3 is 28.4 Å². The van der Waals surface area contributed by atoms with Crippen LogP contribution in [0.25, 0.3) is 16.5 Å². The monoisotopic (exact) mass is 451 g/mol. The molecule has 0 heterocycles. The van der Waals surface area contributed by atoms with Crippen molar-refractivity contribution in [3.63, 3.8) is 0 Å². The van der Waals surface area contributed by atoms with Gasteiger partial charge in [-0.25, -0.2) is 0 Å². The number of nitrogens with one attached hydrogen (secondary N) is 1. The number of fused-ring (bicyclic) bond motifs is 1. The normalized spacial score (nSPS) is 8.25. The molecule has 2 aromatic carbocycles. The fourth-order valence-electron chi connectivity index (χ4n) is 1.31. The summed E-state index contributed by atoms with van der Waals surface area (Å²) < 4.78 is 3.34. The molecule has 0 atom stereocenters. The molecule has 2 rings (SSSR count). The molecular formula is C19H33Cl2NOZr-4. The van der Waals surface area contributed by atoms with Crippen molar-refractivity contribution in [2.75, 3.05) is 6.61 Å². The second kappa shape index (κ2) is 21.1. The summed E-state index contributed by atoms with van der Waals surface area (Å²) in [5.41, 5.74) is 8.04. The molecule has 0 unspecified atom stereocenters. The van der Waals surface area contributed by atoms with E-state index in [9.17, 15) is 0 Å².